The number of esters is 1. The number of rotatable bonds is 6. The van der Waals surface area contributed by atoms with Crippen LogP contribution in [0.5, 0.6) is 11.5 Å². The minimum Gasteiger partial charge on any atom is -0.491 e. The summed E-state index contributed by atoms with van der Waals surface area (Å²) in [5, 5.41) is 0. The fraction of sp³-hybridized carbons (Fsp3) is 0.550. The zero-order valence-electron chi connectivity index (χ0n) is 14.7. The average molecular weight is 350 g/mol. The number of fused-ring (bicyclic) bond motifs is 1. The predicted molar refractivity (Wildman–Crippen MR) is 90.5 cm³/mol. The van der Waals surface area contributed by atoms with Crippen molar-refractivity contribution in [1.82, 2.24) is 0 Å². The van der Waals surface area contributed by atoms with Crippen LogP contribution in [0.4, 0.5) is 8.78 Å². The van der Waals surface area contributed by atoms with Crippen LogP contribution in [0.2, 0.25) is 0 Å². The number of carbonyl (C=O) groups excluding carboxylic acids is 1. The molecule has 0 aromatic heterocycles. The number of halogens is 2. The van der Waals surface area contributed by atoms with Crippen LogP contribution in [-0.4, -0.2) is 12.6 Å². The van der Waals surface area contributed by atoms with Crippen LogP contribution in [-0.2, 0) is 4.79 Å². The van der Waals surface area contributed by atoms with Crippen LogP contribution in [0.25, 0.3) is 0 Å². The molecule has 0 aliphatic heterocycles. The zero-order valence-corrected chi connectivity index (χ0v) is 14.7. The van der Waals surface area contributed by atoms with Crippen LogP contribution in [0.3, 0.4) is 0 Å². The molecule has 3 unspecified atom stereocenters. The second kappa shape index (κ2) is 7.54. The van der Waals surface area contributed by atoms with Gasteiger partial charge in [-0.2, -0.15) is 8.78 Å². The van der Waals surface area contributed by atoms with Crippen molar-refractivity contribution in [3.8, 4) is 11.5 Å². The van der Waals surface area contributed by atoms with Gasteiger partial charge >= 0.3 is 5.97 Å². The molecule has 2 aliphatic carbocycles. The summed E-state index contributed by atoms with van der Waals surface area (Å²) >= 11 is 0. The summed E-state index contributed by atoms with van der Waals surface area (Å²) in [6, 6.07) is 2.54. The Balaban J connectivity index is 1.69. The Labute approximate surface area is 147 Å². The number of hydrogen-bond acceptors (Lipinski definition) is 3. The van der Waals surface area contributed by atoms with Crippen LogP contribution < -0.4 is 9.47 Å². The third kappa shape index (κ3) is 3.42. The van der Waals surface area contributed by atoms with E-state index in [0.717, 1.165) is 32.1 Å². The molecular formula is C20H24F2O3. The molecular weight excluding hydrogens is 326 g/mol. The van der Waals surface area contributed by atoms with Crippen LogP contribution >= 0.6 is 0 Å². The van der Waals surface area contributed by atoms with E-state index in [1.807, 2.05) is 0 Å². The van der Waals surface area contributed by atoms with Crippen LogP contribution in [0.15, 0.2) is 23.8 Å². The van der Waals surface area contributed by atoms with Crippen molar-refractivity contribution in [3.05, 3.63) is 35.4 Å². The molecule has 0 amide bonds. The molecule has 0 radical (unpaired) electrons. The monoisotopic (exact) mass is 350 g/mol. The maximum absolute atomic E-state index is 14.1. The molecule has 136 valence electrons. The fourth-order valence-electron chi connectivity index (χ4n) is 4.21. The molecule has 2 aliphatic rings. The minimum atomic E-state index is -1.18. The topological polar surface area (TPSA) is 35.5 Å². The van der Waals surface area contributed by atoms with Crippen molar-refractivity contribution in [3.63, 3.8) is 0 Å². The second-order valence-electron chi connectivity index (χ2n) is 6.76. The quantitative estimate of drug-likeness (QED) is 0.409. The van der Waals surface area contributed by atoms with Crippen molar-refractivity contribution < 1.29 is 23.0 Å². The number of benzene rings is 1. The lowest BCUT2D eigenvalue weighted by Crippen LogP contribution is -2.25. The summed E-state index contributed by atoms with van der Waals surface area (Å²) in [5.41, 5.74) is 1.45. The van der Waals surface area contributed by atoms with Gasteiger partial charge in [0.25, 0.3) is 0 Å². The van der Waals surface area contributed by atoms with E-state index in [-0.39, 0.29) is 29.9 Å². The first-order chi connectivity index (χ1) is 12.1. The molecule has 3 atom stereocenters. The molecule has 0 saturated heterocycles. The van der Waals surface area contributed by atoms with Gasteiger partial charge in [0.1, 0.15) is 0 Å². The molecule has 3 rings (SSSR count). The number of allylic oxidation sites excluding steroid dienone is 2. The Morgan fingerprint density at radius 1 is 1.16 bits per heavy atom. The highest BCUT2D eigenvalue weighted by Gasteiger charge is 2.44. The Hall–Kier alpha value is -1.91. The van der Waals surface area contributed by atoms with E-state index in [2.05, 4.69) is 13.0 Å². The van der Waals surface area contributed by atoms with Gasteiger partial charge in [-0.05, 0) is 56.6 Å². The normalized spacial score (nSPS) is 24.8. The predicted octanol–water partition coefficient (Wildman–Crippen LogP) is 5.04. The minimum absolute atomic E-state index is 0.176. The first-order valence-electron chi connectivity index (χ1n) is 9.08. The van der Waals surface area contributed by atoms with Gasteiger partial charge in [-0.1, -0.05) is 25.0 Å². The molecule has 0 spiro atoms. The first-order valence-corrected chi connectivity index (χ1v) is 9.08. The second-order valence-corrected chi connectivity index (χ2v) is 6.76. The summed E-state index contributed by atoms with van der Waals surface area (Å²) in [6.45, 7) is 4.07. The van der Waals surface area contributed by atoms with Crippen molar-refractivity contribution in [2.75, 3.05) is 6.61 Å². The molecule has 5 heteroatoms. The van der Waals surface area contributed by atoms with E-state index < -0.39 is 17.6 Å². The third-order valence-corrected chi connectivity index (χ3v) is 5.31. The summed E-state index contributed by atoms with van der Waals surface area (Å²) in [5.74, 6) is -2.86. The molecule has 0 N–H and O–H groups in total. The standard InChI is InChI=1S/C20H24F2O3/c1-3-5-12-6-7-14-13(12)8-9-15(14)20(23)25-17-11-10-16(24-4-2)18(21)19(17)22/h6,10-11,13-15H,3-5,7-9H2,1-2H3. The molecule has 0 heterocycles. The maximum Gasteiger partial charge on any atom is 0.314 e. The number of carbonyl (C=O) groups is 1. The summed E-state index contributed by atoms with van der Waals surface area (Å²) in [4.78, 5) is 12.5. The van der Waals surface area contributed by atoms with E-state index in [4.69, 9.17) is 9.47 Å². The summed E-state index contributed by atoms with van der Waals surface area (Å²) in [7, 11) is 0. The highest BCUT2D eigenvalue weighted by molar-refractivity contribution is 5.76. The first kappa shape index (κ1) is 17.9. The fourth-order valence-corrected chi connectivity index (χ4v) is 4.21. The van der Waals surface area contributed by atoms with Gasteiger partial charge in [0.15, 0.2) is 11.5 Å². The van der Waals surface area contributed by atoms with Crippen molar-refractivity contribution >= 4 is 5.97 Å². The smallest absolute Gasteiger partial charge is 0.314 e. The van der Waals surface area contributed by atoms with E-state index in [9.17, 15) is 13.6 Å². The van der Waals surface area contributed by atoms with E-state index in [1.165, 1.54) is 17.7 Å². The summed E-state index contributed by atoms with van der Waals surface area (Å²) in [6.07, 6.45) is 7.00. The zero-order chi connectivity index (χ0) is 18.0. The lowest BCUT2D eigenvalue weighted by atomic mass is 9.88. The molecule has 3 nitrogen and oxygen atoms in total. The highest BCUT2D eigenvalue weighted by atomic mass is 19.2. The molecule has 25 heavy (non-hydrogen) atoms. The van der Waals surface area contributed by atoms with E-state index in [1.54, 1.807) is 6.92 Å². The van der Waals surface area contributed by atoms with Gasteiger partial charge in [-0.25, -0.2) is 0 Å². The Kier molecular flexibility index (Phi) is 5.40. The van der Waals surface area contributed by atoms with Crippen LogP contribution in [0.1, 0.15) is 46.0 Å². The Morgan fingerprint density at radius 2 is 1.88 bits per heavy atom. The molecule has 1 fully saturated rings. The van der Waals surface area contributed by atoms with Crippen molar-refractivity contribution in [1.29, 1.82) is 0 Å². The van der Waals surface area contributed by atoms with Gasteiger partial charge in [-0.3, -0.25) is 4.79 Å². The van der Waals surface area contributed by atoms with Crippen molar-refractivity contribution in [2.45, 2.75) is 46.0 Å². The SMILES string of the molecule is CCCC1=CCC2C(C(=O)Oc3ccc(OCC)c(F)c3F)CCC12. The van der Waals surface area contributed by atoms with Gasteiger partial charge < -0.3 is 9.47 Å². The van der Waals surface area contributed by atoms with Gasteiger partial charge in [0.2, 0.25) is 11.6 Å². The Morgan fingerprint density at radius 3 is 2.60 bits per heavy atom. The van der Waals surface area contributed by atoms with Crippen LogP contribution in [0, 0.1) is 29.4 Å². The molecule has 1 aromatic carbocycles. The van der Waals surface area contributed by atoms with Crippen molar-refractivity contribution in [2.24, 2.45) is 17.8 Å². The largest absolute Gasteiger partial charge is 0.491 e. The highest BCUT2D eigenvalue weighted by Crippen LogP contribution is 2.49. The molecule has 1 saturated carbocycles. The average Bonchev–Trinajstić information content (AvgIpc) is 3.18. The lowest BCUT2D eigenvalue weighted by Gasteiger charge is -2.19. The number of hydrogen-bond donors (Lipinski definition) is 0. The summed E-state index contributed by atoms with van der Waals surface area (Å²) < 4.78 is 38.3. The molecule has 0 bridgehead atoms. The maximum atomic E-state index is 14.1. The van der Waals surface area contributed by atoms with Gasteiger partial charge in [-0.15, -0.1) is 0 Å². The molecule has 1 aromatic rings. The van der Waals surface area contributed by atoms with E-state index >= 15 is 0 Å². The Bertz CT molecular complexity index is 684. The third-order valence-electron chi connectivity index (χ3n) is 5.31. The lowest BCUT2D eigenvalue weighted by molar-refractivity contribution is -0.140. The van der Waals surface area contributed by atoms with Gasteiger partial charge in [0, 0.05) is 0 Å². The van der Waals surface area contributed by atoms with E-state index in [0.29, 0.717) is 5.92 Å². The number of ether oxygens (including phenoxy) is 2. The van der Waals surface area contributed by atoms with Gasteiger partial charge in [0.05, 0.1) is 12.5 Å².